The minimum absolute atomic E-state index is 0.0443. The van der Waals surface area contributed by atoms with Crippen molar-refractivity contribution in [3.8, 4) is 16.8 Å². The molecule has 1 aliphatic carbocycles. The zero-order chi connectivity index (χ0) is 31.9. The van der Waals surface area contributed by atoms with Crippen LogP contribution in [-0.2, 0) is 6.42 Å². The van der Waals surface area contributed by atoms with Gasteiger partial charge in [0.1, 0.15) is 12.0 Å². The van der Waals surface area contributed by atoms with Gasteiger partial charge in [-0.1, -0.05) is 140 Å². The number of rotatable bonds is 5. The second kappa shape index (κ2) is 12.1. The third-order valence-corrected chi connectivity index (χ3v) is 9.85. The van der Waals surface area contributed by atoms with Gasteiger partial charge in [-0.05, 0) is 58.9 Å². The van der Waals surface area contributed by atoms with Gasteiger partial charge in [0.15, 0.2) is 0 Å². The molecule has 7 aromatic rings. The van der Waals surface area contributed by atoms with Crippen LogP contribution in [0, 0.1) is 0 Å². The van der Waals surface area contributed by atoms with Crippen LogP contribution in [0.25, 0.3) is 44.7 Å². The van der Waals surface area contributed by atoms with Crippen LogP contribution in [0.1, 0.15) is 46.4 Å². The highest BCUT2D eigenvalue weighted by Crippen LogP contribution is 2.38. The van der Waals surface area contributed by atoms with Crippen molar-refractivity contribution in [1.82, 2.24) is 15.2 Å². The first-order valence-corrected chi connectivity index (χ1v) is 16.9. The molecule has 1 aliphatic heterocycles. The Morgan fingerprint density at radius 3 is 2.10 bits per heavy atom. The van der Waals surface area contributed by atoms with Crippen LogP contribution in [0.2, 0.25) is 0 Å². The van der Waals surface area contributed by atoms with Crippen molar-refractivity contribution in [2.24, 2.45) is 4.99 Å². The molecule has 2 heterocycles. The lowest BCUT2D eigenvalue weighted by molar-refractivity contribution is 0.445. The van der Waals surface area contributed by atoms with E-state index in [0.717, 1.165) is 24.2 Å². The van der Waals surface area contributed by atoms with Crippen LogP contribution in [0.5, 0.6) is 0 Å². The third kappa shape index (κ3) is 5.11. The molecule has 0 amide bonds. The molecule has 4 heteroatoms. The number of nitrogens with one attached hydrogen (secondary N) is 2. The summed E-state index contributed by atoms with van der Waals surface area (Å²) in [6.07, 6.45) is 6.69. The molecular weight excluding hydrogens is 585 g/mol. The Labute approximate surface area is 281 Å². The van der Waals surface area contributed by atoms with Crippen LogP contribution in [0.4, 0.5) is 0 Å². The van der Waals surface area contributed by atoms with Crippen LogP contribution >= 0.6 is 0 Å². The van der Waals surface area contributed by atoms with E-state index in [1.807, 2.05) is 0 Å². The first-order chi connectivity index (χ1) is 23.8. The van der Waals surface area contributed by atoms with E-state index in [0.29, 0.717) is 6.54 Å². The number of allylic oxidation sites excluding steroid dienone is 1. The number of aromatic nitrogens is 1. The minimum atomic E-state index is -0.112. The Bertz CT molecular complexity index is 2300. The van der Waals surface area contributed by atoms with Gasteiger partial charge in [0.2, 0.25) is 0 Å². The number of hydrogen-bond donors (Lipinski definition) is 2. The zero-order valence-corrected chi connectivity index (χ0v) is 26.7. The molecule has 0 spiro atoms. The molecule has 2 aliphatic rings. The minimum Gasteiger partial charge on any atom is -0.351 e. The van der Waals surface area contributed by atoms with Crippen molar-refractivity contribution in [3.63, 3.8) is 0 Å². The standard InChI is InChI=1S/C44H36N4/c1-4-12-30(13-5-1)31-20-22-33(23-21-31)40-29-45-43(47-44(46-40)34-15-6-2-7-16-34)35-25-26-38-39-27-24-32-14-10-11-19-37(32)42(39)48(41(38)28-35)36-17-8-3-9-18-36/h1-9,11-13,15-28,40,44,46H,10,14,29H2,(H,45,47). The number of hydrogen-bond acceptors (Lipinski definition) is 3. The fraction of sp³-hybridized carbons (Fsp3) is 0.114. The van der Waals surface area contributed by atoms with E-state index in [1.54, 1.807) is 0 Å². The lowest BCUT2D eigenvalue weighted by Gasteiger charge is -2.24. The summed E-state index contributed by atoms with van der Waals surface area (Å²) in [5, 5.41) is 10.2. The van der Waals surface area contributed by atoms with E-state index < -0.39 is 0 Å². The normalized spacial score (nSPS) is 17.5. The number of aryl methyl sites for hydroxylation is 1. The monoisotopic (exact) mass is 620 g/mol. The van der Waals surface area contributed by atoms with E-state index >= 15 is 0 Å². The Morgan fingerprint density at radius 1 is 0.625 bits per heavy atom. The highest BCUT2D eigenvalue weighted by molar-refractivity contribution is 6.14. The number of aliphatic imine (C=N–C) groups is 1. The molecule has 9 rings (SSSR count). The number of amidine groups is 1. The Kier molecular flexibility index (Phi) is 7.21. The van der Waals surface area contributed by atoms with Crippen molar-refractivity contribution in [3.05, 3.63) is 179 Å². The van der Waals surface area contributed by atoms with E-state index in [-0.39, 0.29) is 12.2 Å². The SMILES string of the molecule is C1=Cc2c(ccc3c4ccc(C5=NCC(c6ccc(-c7ccccc7)cc6)NC(c6ccccc6)N5)cc4n(-c4ccccc4)c23)CC1. The van der Waals surface area contributed by atoms with Gasteiger partial charge in [0, 0.05) is 27.6 Å². The summed E-state index contributed by atoms with van der Waals surface area (Å²) in [7, 11) is 0. The van der Waals surface area contributed by atoms with Gasteiger partial charge in [0.05, 0.1) is 23.6 Å². The molecule has 0 saturated carbocycles. The third-order valence-electron chi connectivity index (χ3n) is 9.85. The molecular formula is C44H36N4. The second-order valence-corrected chi connectivity index (χ2v) is 12.8. The van der Waals surface area contributed by atoms with Gasteiger partial charge in [-0.25, -0.2) is 0 Å². The largest absolute Gasteiger partial charge is 0.351 e. The van der Waals surface area contributed by atoms with Crippen molar-refractivity contribution in [1.29, 1.82) is 0 Å². The van der Waals surface area contributed by atoms with Crippen molar-refractivity contribution in [2.45, 2.75) is 25.0 Å². The Hall–Kier alpha value is -5.71. The maximum absolute atomic E-state index is 5.26. The van der Waals surface area contributed by atoms with Crippen LogP contribution in [-0.4, -0.2) is 16.9 Å². The summed E-state index contributed by atoms with van der Waals surface area (Å²) in [6, 6.07) is 52.4. The van der Waals surface area contributed by atoms with Gasteiger partial charge in [-0.3, -0.25) is 10.3 Å². The quantitative estimate of drug-likeness (QED) is 0.201. The molecule has 232 valence electrons. The Morgan fingerprint density at radius 2 is 1.31 bits per heavy atom. The van der Waals surface area contributed by atoms with Crippen molar-refractivity contribution < 1.29 is 0 Å². The molecule has 48 heavy (non-hydrogen) atoms. The van der Waals surface area contributed by atoms with Gasteiger partial charge in [-0.2, -0.15) is 0 Å². The maximum Gasteiger partial charge on any atom is 0.129 e. The predicted octanol–water partition coefficient (Wildman–Crippen LogP) is 9.79. The number of benzene rings is 6. The fourth-order valence-corrected chi connectivity index (χ4v) is 7.41. The molecule has 6 aromatic carbocycles. The van der Waals surface area contributed by atoms with E-state index in [2.05, 4.69) is 173 Å². The lowest BCUT2D eigenvalue weighted by atomic mass is 9.95. The lowest BCUT2D eigenvalue weighted by Crippen LogP contribution is -2.38. The van der Waals surface area contributed by atoms with Gasteiger partial charge in [-0.15, -0.1) is 0 Å². The molecule has 2 N–H and O–H groups in total. The summed E-state index contributed by atoms with van der Waals surface area (Å²) in [5.41, 5.74) is 12.3. The van der Waals surface area contributed by atoms with Crippen LogP contribution in [0.15, 0.2) is 157 Å². The Balaban J connectivity index is 1.15. The van der Waals surface area contributed by atoms with Gasteiger partial charge in [0.25, 0.3) is 0 Å². The molecule has 0 fully saturated rings. The average molecular weight is 621 g/mol. The summed E-state index contributed by atoms with van der Waals surface area (Å²) in [4.78, 5) is 5.26. The first-order valence-electron chi connectivity index (χ1n) is 16.9. The topological polar surface area (TPSA) is 41.4 Å². The molecule has 4 nitrogen and oxygen atoms in total. The summed E-state index contributed by atoms with van der Waals surface area (Å²) in [6.45, 7) is 0.619. The molecule has 0 radical (unpaired) electrons. The molecule has 2 unspecified atom stereocenters. The molecule has 0 saturated heterocycles. The second-order valence-electron chi connectivity index (χ2n) is 12.8. The number of fused-ring (bicyclic) bond motifs is 5. The smallest absolute Gasteiger partial charge is 0.129 e. The molecule has 0 bridgehead atoms. The predicted molar refractivity (Wildman–Crippen MR) is 200 cm³/mol. The highest BCUT2D eigenvalue weighted by atomic mass is 15.2. The van der Waals surface area contributed by atoms with Gasteiger partial charge < -0.3 is 9.88 Å². The molecule has 1 aromatic heterocycles. The summed E-state index contributed by atoms with van der Waals surface area (Å²) >= 11 is 0. The molecule has 2 atom stereocenters. The number of nitrogens with zero attached hydrogens (tertiary/aromatic N) is 2. The maximum atomic E-state index is 5.26. The first kappa shape index (κ1) is 28.5. The van der Waals surface area contributed by atoms with Crippen molar-refractivity contribution >= 4 is 33.7 Å². The van der Waals surface area contributed by atoms with Crippen LogP contribution in [0.3, 0.4) is 0 Å². The summed E-state index contributed by atoms with van der Waals surface area (Å²) in [5.74, 6) is 0.897. The number of para-hydroxylation sites is 1. The van der Waals surface area contributed by atoms with Gasteiger partial charge >= 0.3 is 0 Å². The highest BCUT2D eigenvalue weighted by Gasteiger charge is 2.25. The van der Waals surface area contributed by atoms with Crippen LogP contribution < -0.4 is 10.6 Å². The zero-order valence-electron chi connectivity index (χ0n) is 26.7. The summed E-state index contributed by atoms with van der Waals surface area (Å²) < 4.78 is 2.45. The van der Waals surface area contributed by atoms with E-state index in [9.17, 15) is 0 Å². The van der Waals surface area contributed by atoms with E-state index in [4.69, 9.17) is 4.99 Å². The van der Waals surface area contributed by atoms with Crippen molar-refractivity contribution in [2.75, 3.05) is 6.54 Å². The fourth-order valence-electron chi connectivity index (χ4n) is 7.41. The van der Waals surface area contributed by atoms with E-state index in [1.165, 1.54) is 60.9 Å². The average Bonchev–Trinajstić information content (AvgIpc) is 3.33.